The Labute approximate surface area is 113 Å². The summed E-state index contributed by atoms with van der Waals surface area (Å²) >= 11 is 0. The topological polar surface area (TPSA) is 45.2 Å². The van der Waals surface area contributed by atoms with E-state index in [2.05, 4.69) is 10.3 Å². The molecule has 4 nitrogen and oxygen atoms in total. The molecule has 1 aromatic rings. The Kier molecular flexibility index (Phi) is 4.47. The Morgan fingerprint density at radius 2 is 2.05 bits per heavy atom. The molecule has 0 aromatic carbocycles. The van der Waals surface area contributed by atoms with Crippen molar-refractivity contribution in [1.82, 2.24) is 15.2 Å². The standard InChI is InChI=1S/C14H20FN3O/c1-16-11-4-6-12(7-5-11)18(2)14(19)13-8-3-10(15)9-17-13/h3,8-9,11-12,16H,4-7H2,1-2H3. The highest BCUT2D eigenvalue weighted by Gasteiger charge is 2.26. The molecule has 1 aliphatic carbocycles. The number of carbonyl (C=O) groups is 1. The highest BCUT2D eigenvalue weighted by molar-refractivity contribution is 5.92. The Bertz CT molecular complexity index is 427. The lowest BCUT2D eigenvalue weighted by atomic mass is 9.90. The number of halogens is 1. The van der Waals surface area contributed by atoms with Gasteiger partial charge in [0.25, 0.3) is 5.91 Å². The van der Waals surface area contributed by atoms with E-state index in [4.69, 9.17) is 0 Å². The van der Waals surface area contributed by atoms with E-state index in [1.807, 2.05) is 7.05 Å². The van der Waals surface area contributed by atoms with Crippen LogP contribution in [0.4, 0.5) is 4.39 Å². The SMILES string of the molecule is CNC1CCC(N(C)C(=O)c2ccc(F)cn2)CC1. The van der Waals surface area contributed by atoms with Crippen molar-refractivity contribution in [3.63, 3.8) is 0 Å². The third-order valence-corrected chi connectivity index (χ3v) is 3.92. The Hall–Kier alpha value is -1.49. The molecule has 1 aliphatic rings. The number of aromatic nitrogens is 1. The summed E-state index contributed by atoms with van der Waals surface area (Å²) in [6, 6.07) is 3.52. The zero-order chi connectivity index (χ0) is 13.8. The van der Waals surface area contributed by atoms with E-state index in [0.717, 1.165) is 31.9 Å². The number of amides is 1. The summed E-state index contributed by atoms with van der Waals surface area (Å²) < 4.78 is 12.8. The Morgan fingerprint density at radius 3 is 2.58 bits per heavy atom. The van der Waals surface area contributed by atoms with Crippen molar-refractivity contribution in [3.8, 4) is 0 Å². The van der Waals surface area contributed by atoms with Gasteiger partial charge in [-0.15, -0.1) is 0 Å². The summed E-state index contributed by atoms with van der Waals surface area (Å²) in [5.74, 6) is -0.554. The van der Waals surface area contributed by atoms with E-state index >= 15 is 0 Å². The maximum Gasteiger partial charge on any atom is 0.272 e. The van der Waals surface area contributed by atoms with Crippen LogP contribution < -0.4 is 5.32 Å². The molecule has 1 heterocycles. The lowest BCUT2D eigenvalue weighted by molar-refractivity contribution is 0.0679. The van der Waals surface area contributed by atoms with Crippen LogP contribution in [0, 0.1) is 5.82 Å². The van der Waals surface area contributed by atoms with E-state index in [1.54, 1.807) is 11.9 Å². The summed E-state index contributed by atoms with van der Waals surface area (Å²) in [6.07, 6.45) is 5.23. The second kappa shape index (κ2) is 6.10. The Balaban J connectivity index is 1.98. The summed E-state index contributed by atoms with van der Waals surface area (Å²) in [5, 5.41) is 3.27. The minimum Gasteiger partial charge on any atom is -0.337 e. The van der Waals surface area contributed by atoms with Crippen LogP contribution in [0.1, 0.15) is 36.2 Å². The first-order chi connectivity index (χ1) is 9.11. The van der Waals surface area contributed by atoms with Crippen molar-refractivity contribution in [2.45, 2.75) is 37.8 Å². The minimum absolute atomic E-state index is 0.132. The highest BCUT2D eigenvalue weighted by atomic mass is 19.1. The summed E-state index contributed by atoms with van der Waals surface area (Å²) in [7, 11) is 3.78. The van der Waals surface area contributed by atoms with Crippen LogP contribution >= 0.6 is 0 Å². The zero-order valence-electron chi connectivity index (χ0n) is 11.4. The smallest absolute Gasteiger partial charge is 0.272 e. The molecule has 0 aliphatic heterocycles. The van der Waals surface area contributed by atoms with Gasteiger partial charge in [0.1, 0.15) is 11.5 Å². The van der Waals surface area contributed by atoms with E-state index in [-0.39, 0.29) is 11.9 Å². The summed E-state index contributed by atoms with van der Waals surface area (Å²) in [6.45, 7) is 0. The van der Waals surface area contributed by atoms with Gasteiger partial charge in [-0.05, 0) is 44.9 Å². The number of carbonyl (C=O) groups excluding carboxylic acids is 1. The molecule has 0 radical (unpaired) electrons. The number of hydrogen-bond acceptors (Lipinski definition) is 3. The molecule has 0 bridgehead atoms. The molecule has 104 valence electrons. The van der Waals surface area contributed by atoms with Gasteiger partial charge < -0.3 is 10.2 Å². The van der Waals surface area contributed by atoms with Gasteiger partial charge in [0.15, 0.2) is 0 Å². The minimum atomic E-state index is -0.422. The van der Waals surface area contributed by atoms with Crippen LogP contribution in [0.3, 0.4) is 0 Å². The quantitative estimate of drug-likeness (QED) is 0.906. The molecule has 19 heavy (non-hydrogen) atoms. The summed E-state index contributed by atoms with van der Waals surface area (Å²) in [5.41, 5.74) is 0.305. The predicted molar refractivity (Wildman–Crippen MR) is 71.4 cm³/mol. The average molecular weight is 265 g/mol. The fourth-order valence-electron chi connectivity index (χ4n) is 2.60. The molecule has 0 atom stereocenters. The molecule has 1 saturated carbocycles. The van der Waals surface area contributed by atoms with Crippen molar-refractivity contribution < 1.29 is 9.18 Å². The lowest BCUT2D eigenvalue weighted by Crippen LogP contribution is -2.42. The summed E-state index contributed by atoms with van der Waals surface area (Å²) in [4.78, 5) is 17.8. The van der Waals surface area contributed by atoms with Crippen molar-refractivity contribution in [2.75, 3.05) is 14.1 Å². The number of nitrogens with zero attached hydrogens (tertiary/aromatic N) is 2. The van der Waals surface area contributed by atoms with E-state index < -0.39 is 5.82 Å². The van der Waals surface area contributed by atoms with Crippen LogP contribution in [0.15, 0.2) is 18.3 Å². The first kappa shape index (κ1) is 13.9. The van der Waals surface area contributed by atoms with Gasteiger partial charge in [-0.25, -0.2) is 9.37 Å². The van der Waals surface area contributed by atoms with Crippen LogP contribution in [0.5, 0.6) is 0 Å². The Morgan fingerprint density at radius 1 is 1.37 bits per heavy atom. The fourth-order valence-corrected chi connectivity index (χ4v) is 2.60. The van der Waals surface area contributed by atoms with Gasteiger partial charge in [-0.2, -0.15) is 0 Å². The number of hydrogen-bond donors (Lipinski definition) is 1. The number of rotatable bonds is 3. The maximum atomic E-state index is 12.8. The molecule has 1 aromatic heterocycles. The molecule has 0 unspecified atom stereocenters. The molecule has 1 N–H and O–H groups in total. The molecule has 1 amide bonds. The average Bonchev–Trinajstić information content (AvgIpc) is 2.46. The molecule has 0 saturated heterocycles. The molecule has 1 fully saturated rings. The van der Waals surface area contributed by atoms with Gasteiger partial charge in [0, 0.05) is 19.1 Å². The van der Waals surface area contributed by atoms with Gasteiger partial charge >= 0.3 is 0 Å². The van der Waals surface area contributed by atoms with Gasteiger partial charge in [-0.3, -0.25) is 4.79 Å². The van der Waals surface area contributed by atoms with Crippen LogP contribution in [0.25, 0.3) is 0 Å². The predicted octanol–water partition coefficient (Wildman–Crippen LogP) is 1.82. The third kappa shape index (κ3) is 3.29. The molecule has 0 spiro atoms. The van der Waals surface area contributed by atoms with Gasteiger partial charge in [0.05, 0.1) is 6.20 Å². The van der Waals surface area contributed by atoms with Gasteiger partial charge in [0.2, 0.25) is 0 Å². The van der Waals surface area contributed by atoms with Gasteiger partial charge in [-0.1, -0.05) is 0 Å². The lowest BCUT2D eigenvalue weighted by Gasteiger charge is -2.34. The third-order valence-electron chi connectivity index (χ3n) is 3.92. The van der Waals surface area contributed by atoms with Crippen molar-refractivity contribution >= 4 is 5.91 Å². The van der Waals surface area contributed by atoms with Crippen molar-refractivity contribution in [3.05, 3.63) is 29.8 Å². The number of nitrogens with one attached hydrogen (secondary N) is 1. The number of pyridine rings is 1. The van der Waals surface area contributed by atoms with Crippen molar-refractivity contribution in [2.24, 2.45) is 0 Å². The van der Waals surface area contributed by atoms with Crippen LogP contribution in [-0.2, 0) is 0 Å². The molecule has 5 heteroatoms. The maximum absolute atomic E-state index is 12.8. The second-order valence-electron chi connectivity index (χ2n) is 5.07. The second-order valence-corrected chi connectivity index (χ2v) is 5.07. The van der Waals surface area contributed by atoms with E-state index in [9.17, 15) is 9.18 Å². The highest BCUT2D eigenvalue weighted by Crippen LogP contribution is 2.23. The van der Waals surface area contributed by atoms with Crippen LogP contribution in [0.2, 0.25) is 0 Å². The zero-order valence-corrected chi connectivity index (χ0v) is 11.4. The first-order valence-corrected chi connectivity index (χ1v) is 6.67. The molecule has 2 rings (SSSR count). The molecular formula is C14H20FN3O. The molecular weight excluding hydrogens is 245 g/mol. The normalized spacial score (nSPS) is 23.1. The fraction of sp³-hybridized carbons (Fsp3) is 0.571. The van der Waals surface area contributed by atoms with Crippen LogP contribution in [-0.4, -0.2) is 42.0 Å². The monoisotopic (exact) mass is 265 g/mol. The first-order valence-electron chi connectivity index (χ1n) is 6.67. The largest absolute Gasteiger partial charge is 0.337 e. The van der Waals surface area contributed by atoms with Crippen molar-refractivity contribution in [1.29, 1.82) is 0 Å². The van der Waals surface area contributed by atoms with E-state index in [1.165, 1.54) is 12.1 Å². The van der Waals surface area contributed by atoms with E-state index in [0.29, 0.717) is 11.7 Å².